The summed E-state index contributed by atoms with van der Waals surface area (Å²) in [5.41, 5.74) is 2.05. The molecule has 0 bridgehead atoms. The number of rotatable bonds is 6. The van der Waals surface area contributed by atoms with Crippen LogP contribution in [-0.4, -0.2) is 40.2 Å². The number of carbonyl (C=O) groups is 1. The van der Waals surface area contributed by atoms with Gasteiger partial charge >= 0.3 is 0 Å². The van der Waals surface area contributed by atoms with Crippen molar-refractivity contribution < 1.29 is 17.6 Å². The lowest BCUT2D eigenvalue weighted by Gasteiger charge is -2.19. The second-order valence-corrected chi connectivity index (χ2v) is 9.20. The van der Waals surface area contributed by atoms with Gasteiger partial charge in [-0.25, -0.2) is 12.8 Å². The number of benzene rings is 2. The van der Waals surface area contributed by atoms with E-state index in [9.17, 15) is 17.6 Å². The molecule has 1 fully saturated rings. The quantitative estimate of drug-likeness (QED) is 0.823. The van der Waals surface area contributed by atoms with Gasteiger partial charge in [-0.2, -0.15) is 0 Å². The van der Waals surface area contributed by atoms with Crippen molar-refractivity contribution in [2.45, 2.75) is 12.2 Å². The predicted octanol–water partition coefficient (Wildman–Crippen LogP) is 2.63. The highest BCUT2D eigenvalue weighted by molar-refractivity contribution is 7.89. The molecule has 1 aliphatic heterocycles. The third-order valence-electron chi connectivity index (χ3n) is 4.65. The molecule has 3 rings (SSSR count). The molecule has 2 aromatic rings. The van der Waals surface area contributed by atoms with Gasteiger partial charge in [0.15, 0.2) is 9.84 Å². The van der Waals surface area contributed by atoms with E-state index < -0.39 is 9.84 Å². The summed E-state index contributed by atoms with van der Waals surface area (Å²) < 4.78 is 35.9. The molecule has 1 aliphatic rings. The lowest BCUT2D eigenvalue weighted by molar-refractivity contribution is 0.0948. The summed E-state index contributed by atoms with van der Waals surface area (Å²) in [5, 5.41) is 2.94. The van der Waals surface area contributed by atoms with Crippen molar-refractivity contribution in [3.8, 4) is 0 Å². The molecule has 0 saturated carbocycles. The number of nitrogens with zero attached hydrogens (tertiary/aromatic N) is 1. The van der Waals surface area contributed by atoms with Crippen molar-refractivity contribution in [2.75, 3.05) is 30.8 Å². The van der Waals surface area contributed by atoms with E-state index >= 15 is 0 Å². The summed E-state index contributed by atoms with van der Waals surface area (Å²) >= 11 is 0. The topological polar surface area (TPSA) is 66.5 Å². The molecule has 0 aliphatic carbocycles. The molecule has 1 unspecified atom stereocenters. The smallest absolute Gasteiger partial charge is 0.251 e. The van der Waals surface area contributed by atoms with Gasteiger partial charge in [0.2, 0.25) is 0 Å². The van der Waals surface area contributed by atoms with Crippen LogP contribution in [0.1, 0.15) is 22.3 Å². The Bertz CT molecular complexity index is 913. The van der Waals surface area contributed by atoms with Crippen LogP contribution in [0.3, 0.4) is 0 Å². The first kappa shape index (κ1) is 19.4. The summed E-state index contributed by atoms with van der Waals surface area (Å²) in [6.07, 6.45) is 2.12. The molecule has 144 valence electrons. The maximum Gasteiger partial charge on any atom is 0.251 e. The third-order valence-corrected chi connectivity index (χ3v) is 5.50. The van der Waals surface area contributed by atoms with Gasteiger partial charge in [-0.05, 0) is 54.3 Å². The van der Waals surface area contributed by atoms with Crippen LogP contribution in [0.25, 0.3) is 0 Å². The first-order chi connectivity index (χ1) is 12.8. The average molecular weight is 390 g/mol. The molecule has 0 radical (unpaired) electrons. The monoisotopic (exact) mass is 390 g/mol. The third kappa shape index (κ3) is 5.53. The highest BCUT2D eigenvalue weighted by Crippen LogP contribution is 2.23. The highest BCUT2D eigenvalue weighted by Gasteiger charge is 2.23. The molecule has 5 nitrogen and oxygen atoms in total. The Hall–Kier alpha value is -2.41. The van der Waals surface area contributed by atoms with Gasteiger partial charge in [-0.3, -0.25) is 4.79 Å². The van der Waals surface area contributed by atoms with Gasteiger partial charge in [0.05, 0.1) is 5.75 Å². The summed E-state index contributed by atoms with van der Waals surface area (Å²) in [4.78, 5) is 14.6. The van der Waals surface area contributed by atoms with Crippen LogP contribution in [0.15, 0.2) is 48.5 Å². The van der Waals surface area contributed by atoms with E-state index in [0.717, 1.165) is 25.2 Å². The van der Waals surface area contributed by atoms with E-state index in [1.165, 1.54) is 18.4 Å². The second kappa shape index (κ2) is 8.08. The maximum atomic E-state index is 13.0. The lowest BCUT2D eigenvalue weighted by atomic mass is 10.1. The Balaban J connectivity index is 1.54. The fraction of sp³-hybridized carbons (Fsp3) is 0.350. The molecule has 1 amide bonds. The zero-order valence-electron chi connectivity index (χ0n) is 15.2. The van der Waals surface area contributed by atoms with Crippen LogP contribution in [0.4, 0.5) is 10.1 Å². The van der Waals surface area contributed by atoms with Gasteiger partial charge < -0.3 is 10.2 Å². The summed E-state index contributed by atoms with van der Waals surface area (Å²) in [6.45, 7) is 2.23. The van der Waals surface area contributed by atoms with Crippen LogP contribution in [0.2, 0.25) is 0 Å². The zero-order valence-corrected chi connectivity index (χ0v) is 16.0. The van der Waals surface area contributed by atoms with E-state index in [2.05, 4.69) is 10.2 Å². The number of carbonyl (C=O) groups excluding carboxylic acids is 1. The molecular formula is C20H23FN2O3S. The Morgan fingerprint density at radius 3 is 2.67 bits per heavy atom. The summed E-state index contributed by atoms with van der Waals surface area (Å²) in [5.74, 6) is -0.215. The maximum absolute atomic E-state index is 13.0. The van der Waals surface area contributed by atoms with E-state index in [0.29, 0.717) is 23.6 Å². The molecule has 1 heterocycles. The molecule has 0 spiro atoms. The van der Waals surface area contributed by atoms with Gasteiger partial charge in [0.1, 0.15) is 5.82 Å². The molecule has 7 heteroatoms. The summed E-state index contributed by atoms with van der Waals surface area (Å²) in [6, 6.07) is 13.1. The number of nitrogens with one attached hydrogen (secondary N) is 1. The minimum Gasteiger partial charge on any atom is -0.371 e. The highest BCUT2D eigenvalue weighted by atomic mass is 32.2. The normalized spacial score (nSPS) is 17.1. The summed E-state index contributed by atoms with van der Waals surface area (Å²) in [7, 11) is -3.14. The molecule has 1 saturated heterocycles. The fourth-order valence-corrected chi connectivity index (χ4v) is 4.11. The van der Waals surface area contributed by atoms with Crippen LogP contribution in [0.5, 0.6) is 0 Å². The van der Waals surface area contributed by atoms with E-state index in [-0.39, 0.29) is 17.5 Å². The average Bonchev–Trinajstić information content (AvgIpc) is 3.08. The molecule has 0 aromatic heterocycles. The zero-order chi connectivity index (χ0) is 19.4. The van der Waals surface area contributed by atoms with Crippen molar-refractivity contribution in [3.05, 3.63) is 65.5 Å². The Kier molecular flexibility index (Phi) is 5.79. The molecular weight excluding hydrogens is 367 g/mol. The number of hydrogen-bond acceptors (Lipinski definition) is 4. The van der Waals surface area contributed by atoms with Crippen LogP contribution < -0.4 is 10.2 Å². The minimum atomic E-state index is -3.14. The number of anilines is 1. The van der Waals surface area contributed by atoms with E-state index in [1.54, 1.807) is 36.4 Å². The number of sulfone groups is 1. The van der Waals surface area contributed by atoms with Gasteiger partial charge in [0.25, 0.3) is 5.91 Å². The number of hydrogen-bond donors (Lipinski definition) is 1. The van der Waals surface area contributed by atoms with Crippen molar-refractivity contribution in [3.63, 3.8) is 0 Å². The Morgan fingerprint density at radius 1 is 1.22 bits per heavy atom. The van der Waals surface area contributed by atoms with Gasteiger partial charge in [-0.1, -0.05) is 12.1 Å². The minimum absolute atomic E-state index is 0.0800. The molecule has 27 heavy (non-hydrogen) atoms. The lowest BCUT2D eigenvalue weighted by Crippen LogP contribution is -2.31. The second-order valence-electron chi connectivity index (χ2n) is 7.06. The number of amides is 1. The first-order valence-electron chi connectivity index (χ1n) is 8.85. The fourth-order valence-electron chi connectivity index (χ4n) is 3.33. The SMILES string of the molecule is CS(=O)(=O)Cc1cccc(C(=O)NCC2CCN(c3ccc(F)cc3)C2)c1. The van der Waals surface area contributed by atoms with Crippen molar-refractivity contribution in [1.82, 2.24) is 5.32 Å². The van der Waals surface area contributed by atoms with Crippen LogP contribution in [-0.2, 0) is 15.6 Å². The Morgan fingerprint density at radius 2 is 1.96 bits per heavy atom. The molecule has 2 aromatic carbocycles. The molecule has 1 N–H and O–H groups in total. The van der Waals surface area contributed by atoms with E-state index in [1.807, 2.05) is 0 Å². The Labute approximate surface area is 159 Å². The first-order valence-corrected chi connectivity index (χ1v) is 10.9. The predicted molar refractivity (Wildman–Crippen MR) is 104 cm³/mol. The van der Waals surface area contributed by atoms with Gasteiger partial charge in [-0.15, -0.1) is 0 Å². The largest absolute Gasteiger partial charge is 0.371 e. The van der Waals surface area contributed by atoms with Gasteiger partial charge in [0, 0.05) is 37.1 Å². The van der Waals surface area contributed by atoms with Crippen molar-refractivity contribution in [1.29, 1.82) is 0 Å². The van der Waals surface area contributed by atoms with Crippen molar-refractivity contribution >= 4 is 21.4 Å². The van der Waals surface area contributed by atoms with E-state index in [4.69, 9.17) is 0 Å². The van der Waals surface area contributed by atoms with Crippen LogP contribution >= 0.6 is 0 Å². The van der Waals surface area contributed by atoms with Crippen molar-refractivity contribution in [2.24, 2.45) is 5.92 Å². The van der Waals surface area contributed by atoms with Crippen LogP contribution in [0, 0.1) is 11.7 Å². The standard InChI is InChI=1S/C20H23FN2O3S/c1-27(25,26)14-15-3-2-4-17(11-15)20(24)22-12-16-9-10-23(13-16)19-7-5-18(21)6-8-19/h2-8,11,16H,9-10,12-14H2,1H3,(H,22,24). The number of halogens is 1. The molecule has 1 atom stereocenters.